The van der Waals surface area contributed by atoms with Crippen LogP contribution >= 0.6 is 0 Å². The summed E-state index contributed by atoms with van der Waals surface area (Å²) in [5.41, 5.74) is 0.916. The number of nitrogens with zero attached hydrogens (tertiary/aromatic N) is 2. The first-order valence-corrected chi connectivity index (χ1v) is 7.74. The van der Waals surface area contributed by atoms with E-state index in [9.17, 15) is 14.0 Å². The van der Waals surface area contributed by atoms with Crippen molar-refractivity contribution in [3.05, 3.63) is 76.2 Å². The van der Waals surface area contributed by atoms with Crippen LogP contribution in [0.1, 0.15) is 15.9 Å². The number of halogens is 1. The van der Waals surface area contributed by atoms with Crippen LogP contribution in [-0.2, 0) is 7.05 Å². The number of aromatic amines is 1. The fourth-order valence-corrected chi connectivity index (χ4v) is 2.74. The van der Waals surface area contributed by atoms with Gasteiger partial charge in [0.1, 0.15) is 11.3 Å². The molecule has 0 radical (unpaired) electrons. The Morgan fingerprint density at radius 1 is 1.20 bits per heavy atom. The molecule has 25 heavy (non-hydrogen) atoms. The van der Waals surface area contributed by atoms with Gasteiger partial charge in [-0.25, -0.2) is 4.39 Å². The maximum Gasteiger partial charge on any atom is 0.274 e. The Hall–Kier alpha value is -3.15. The second-order valence-corrected chi connectivity index (χ2v) is 6.04. The average Bonchev–Trinajstić information content (AvgIpc) is 3.00. The number of allylic oxidation sites excluding steroid dienone is 1. The van der Waals surface area contributed by atoms with Crippen LogP contribution in [0.5, 0.6) is 0 Å². The minimum absolute atomic E-state index is 0.222. The molecular formula is C19H18FN3O2. The molecule has 2 heterocycles. The molecule has 2 aromatic heterocycles. The lowest BCUT2D eigenvalue weighted by atomic mass is 9.97. The molecule has 5 nitrogen and oxygen atoms in total. The normalized spacial score (nSPS) is 11.8. The Balaban J connectivity index is 2.19. The molecule has 0 amide bonds. The number of benzene rings is 1. The van der Waals surface area contributed by atoms with Gasteiger partial charge in [0.05, 0.1) is 0 Å². The first-order valence-electron chi connectivity index (χ1n) is 7.74. The van der Waals surface area contributed by atoms with Crippen LogP contribution in [0.15, 0.2) is 53.7 Å². The van der Waals surface area contributed by atoms with Gasteiger partial charge in [-0.05, 0) is 12.1 Å². The highest BCUT2D eigenvalue weighted by atomic mass is 19.1. The third-order valence-corrected chi connectivity index (χ3v) is 3.96. The van der Waals surface area contributed by atoms with Gasteiger partial charge in [-0.2, -0.15) is 0 Å². The molecule has 6 heteroatoms. The van der Waals surface area contributed by atoms with Crippen molar-refractivity contribution in [2.24, 2.45) is 7.05 Å². The Bertz CT molecular complexity index is 1040. The molecule has 0 fully saturated rings. The Kier molecular flexibility index (Phi) is 4.27. The van der Waals surface area contributed by atoms with Gasteiger partial charge >= 0.3 is 0 Å². The molecule has 0 aliphatic rings. The summed E-state index contributed by atoms with van der Waals surface area (Å²) in [6.07, 6.45) is 4.69. The van der Waals surface area contributed by atoms with Crippen LogP contribution in [0.3, 0.4) is 0 Å². The van der Waals surface area contributed by atoms with E-state index in [4.69, 9.17) is 0 Å². The van der Waals surface area contributed by atoms with Gasteiger partial charge < -0.3 is 14.5 Å². The number of hydrogen-bond acceptors (Lipinski definition) is 3. The molecule has 0 atom stereocenters. The van der Waals surface area contributed by atoms with Crippen LogP contribution < -0.4 is 5.56 Å². The number of fused-ring (bicyclic) bond motifs is 1. The second-order valence-electron chi connectivity index (χ2n) is 6.04. The number of aromatic nitrogens is 2. The van der Waals surface area contributed by atoms with E-state index < -0.39 is 5.82 Å². The fraction of sp³-hybridized carbons (Fsp3) is 0.158. The van der Waals surface area contributed by atoms with Crippen LogP contribution in [0.2, 0.25) is 0 Å². The number of hydrogen-bond donors (Lipinski definition) is 1. The Morgan fingerprint density at radius 3 is 2.60 bits per heavy atom. The van der Waals surface area contributed by atoms with E-state index in [1.807, 2.05) is 0 Å². The third kappa shape index (κ3) is 2.98. The number of Topliss-reactive ketones (excluding diaryl/α,β-unsaturated/α-hetero) is 1. The van der Waals surface area contributed by atoms with E-state index in [1.54, 1.807) is 62.7 Å². The summed E-state index contributed by atoms with van der Waals surface area (Å²) in [4.78, 5) is 29.8. The van der Waals surface area contributed by atoms with Gasteiger partial charge in [0, 0.05) is 61.8 Å². The molecule has 0 aliphatic carbocycles. The van der Waals surface area contributed by atoms with Gasteiger partial charge in [0.25, 0.3) is 5.56 Å². The van der Waals surface area contributed by atoms with E-state index in [0.29, 0.717) is 16.5 Å². The van der Waals surface area contributed by atoms with E-state index in [-0.39, 0.29) is 22.5 Å². The number of carbonyl (C=O) groups excluding carboxylic acids is 1. The molecule has 1 aromatic carbocycles. The number of aryl methyl sites for hydroxylation is 1. The molecule has 1 N–H and O–H groups in total. The summed E-state index contributed by atoms with van der Waals surface area (Å²) in [5, 5.41) is 0.522. The highest BCUT2D eigenvalue weighted by Crippen LogP contribution is 2.26. The van der Waals surface area contributed by atoms with E-state index in [2.05, 4.69) is 4.98 Å². The highest BCUT2D eigenvalue weighted by molar-refractivity contribution is 6.32. The SMILES string of the molecule is CN(C)C=C(C(=O)c1c[nH]c2c(=O)n(C)ccc12)c1ccccc1F. The van der Waals surface area contributed by atoms with Crippen LogP contribution in [0.4, 0.5) is 4.39 Å². The lowest BCUT2D eigenvalue weighted by molar-refractivity contribution is 0.105. The van der Waals surface area contributed by atoms with Crippen LogP contribution in [0.25, 0.3) is 16.5 Å². The van der Waals surface area contributed by atoms with Gasteiger partial charge in [-0.3, -0.25) is 9.59 Å². The average molecular weight is 339 g/mol. The summed E-state index contributed by atoms with van der Waals surface area (Å²) in [6.45, 7) is 0. The van der Waals surface area contributed by atoms with Crippen molar-refractivity contribution in [3.8, 4) is 0 Å². The third-order valence-electron chi connectivity index (χ3n) is 3.96. The number of ketones is 1. The Morgan fingerprint density at radius 2 is 1.92 bits per heavy atom. The largest absolute Gasteiger partial charge is 0.383 e. The van der Waals surface area contributed by atoms with Crippen molar-refractivity contribution in [3.63, 3.8) is 0 Å². The number of pyridine rings is 1. The van der Waals surface area contributed by atoms with Gasteiger partial charge in [0.2, 0.25) is 0 Å². The molecule has 0 aliphatic heterocycles. The van der Waals surface area contributed by atoms with Crippen molar-refractivity contribution in [1.29, 1.82) is 0 Å². The summed E-state index contributed by atoms with van der Waals surface area (Å²) in [6, 6.07) is 7.84. The molecule has 0 saturated heterocycles. The lowest BCUT2D eigenvalue weighted by Gasteiger charge is -2.12. The maximum absolute atomic E-state index is 14.3. The molecule has 3 aromatic rings. The van der Waals surface area contributed by atoms with Gasteiger partial charge in [-0.1, -0.05) is 18.2 Å². The van der Waals surface area contributed by atoms with E-state index in [0.717, 1.165) is 0 Å². The maximum atomic E-state index is 14.3. The summed E-state index contributed by atoms with van der Waals surface area (Å²) < 4.78 is 15.7. The van der Waals surface area contributed by atoms with Crippen molar-refractivity contribution in [2.75, 3.05) is 14.1 Å². The van der Waals surface area contributed by atoms with E-state index >= 15 is 0 Å². The smallest absolute Gasteiger partial charge is 0.274 e. The zero-order valence-electron chi connectivity index (χ0n) is 14.2. The molecule has 0 spiro atoms. The first kappa shape index (κ1) is 16.7. The summed E-state index contributed by atoms with van der Waals surface area (Å²) >= 11 is 0. The van der Waals surface area contributed by atoms with Crippen molar-refractivity contribution in [1.82, 2.24) is 14.5 Å². The number of H-pyrrole nitrogens is 1. The minimum atomic E-state index is -0.472. The summed E-state index contributed by atoms with van der Waals surface area (Å²) in [7, 11) is 5.17. The standard InChI is InChI=1S/C19H18FN3O2/c1-22(2)11-15(12-6-4-5-7-16(12)20)18(24)14-10-21-17-13(14)8-9-23(3)19(17)25/h4-11,21H,1-3H3. The molecule has 0 unspecified atom stereocenters. The predicted octanol–water partition coefficient (Wildman–Crippen LogP) is 2.79. The summed E-state index contributed by atoms with van der Waals surface area (Å²) in [5.74, 6) is -0.821. The zero-order chi connectivity index (χ0) is 18.1. The lowest BCUT2D eigenvalue weighted by Crippen LogP contribution is -2.15. The van der Waals surface area contributed by atoms with Crippen molar-refractivity contribution >= 4 is 22.3 Å². The monoisotopic (exact) mass is 339 g/mol. The molecular weight excluding hydrogens is 321 g/mol. The number of carbonyl (C=O) groups is 1. The van der Waals surface area contributed by atoms with E-state index in [1.165, 1.54) is 16.8 Å². The minimum Gasteiger partial charge on any atom is -0.383 e. The predicted molar refractivity (Wildman–Crippen MR) is 95.9 cm³/mol. The number of nitrogens with one attached hydrogen (secondary N) is 1. The second kappa shape index (κ2) is 6.39. The molecule has 3 rings (SSSR count). The zero-order valence-corrected chi connectivity index (χ0v) is 14.2. The van der Waals surface area contributed by atoms with Crippen LogP contribution in [-0.4, -0.2) is 34.3 Å². The molecule has 0 saturated carbocycles. The fourth-order valence-electron chi connectivity index (χ4n) is 2.74. The molecule has 0 bridgehead atoms. The van der Waals surface area contributed by atoms with Crippen molar-refractivity contribution in [2.45, 2.75) is 0 Å². The highest BCUT2D eigenvalue weighted by Gasteiger charge is 2.21. The first-order chi connectivity index (χ1) is 11.9. The van der Waals surface area contributed by atoms with Crippen LogP contribution in [0, 0.1) is 5.82 Å². The Labute approximate surface area is 144 Å². The van der Waals surface area contributed by atoms with Crippen molar-refractivity contribution < 1.29 is 9.18 Å². The van der Waals surface area contributed by atoms with Gasteiger partial charge in [-0.15, -0.1) is 0 Å². The number of rotatable bonds is 4. The molecule has 128 valence electrons. The topological polar surface area (TPSA) is 58.1 Å². The quantitative estimate of drug-likeness (QED) is 0.587. The van der Waals surface area contributed by atoms with Gasteiger partial charge in [0.15, 0.2) is 5.78 Å².